The van der Waals surface area contributed by atoms with Gasteiger partial charge in [0.15, 0.2) is 6.29 Å². The van der Waals surface area contributed by atoms with Crippen LogP contribution in [0, 0.1) is 0 Å². The predicted molar refractivity (Wildman–Crippen MR) is 64.8 cm³/mol. The number of hydrogen-bond donors (Lipinski definition) is 8. The zero-order chi connectivity index (χ0) is 16.2. The molecule has 0 unspecified atom stereocenters. The molecule has 0 saturated carbocycles. The van der Waals surface area contributed by atoms with Gasteiger partial charge in [0.2, 0.25) is 0 Å². The Morgan fingerprint density at radius 1 is 0.905 bits per heavy atom. The minimum atomic E-state index is -1.68. The van der Waals surface area contributed by atoms with E-state index in [0.717, 1.165) is 0 Å². The third kappa shape index (κ3) is 4.53. The van der Waals surface area contributed by atoms with E-state index in [2.05, 4.69) is 0 Å². The Hall–Kier alpha value is -0.400. The largest absolute Gasteiger partial charge is 0.394 e. The van der Waals surface area contributed by atoms with Gasteiger partial charge in [-0.05, 0) is 0 Å². The first-order valence-corrected chi connectivity index (χ1v) is 6.40. The molecule has 1 rings (SSSR count). The van der Waals surface area contributed by atoms with Gasteiger partial charge in [-0.25, -0.2) is 0 Å². The number of aliphatic hydroxyl groups excluding tert-OH is 8. The highest BCUT2D eigenvalue weighted by molar-refractivity contribution is 4.89. The van der Waals surface area contributed by atoms with Crippen LogP contribution in [0.4, 0.5) is 0 Å². The first kappa shape index (κ1) is 18.6. The lowest BCUT2D eigenvalue weighted by Crippen LogP contribution is -2.59. The molecule has 0 amide bonds. The summed E-state index contributed by atoms with van der Waals surface area (Å²) in [4.78, 5) is 0. The van der Waals surface area contributed by atoms with Crippen molar-refractivity contribution in [3.63, 3.8) is 0 Å². The maximum absolute atomic E-state index is 9.65. The van der Waals surface area contributed by atoms with E-state index in [9.17, 15) is 25.5 Å². The molecule has 0 aromatic rings. The molecule has 0 spiro atoms. The molecule has 21 heavy (non-hydrogen) atoms. The molecular weight excluding hydrogens is 292 g/mol. The Morgan fingerprint density at radius 3 is 2.05 bits per heavy atom. The number of aliphatic hydroxyl groups is 8. The van der Waals surface area contributed by atoms with Crippen LogP contribution in [-0.4, -0.2) is 110 Å². The Morgan fingerprint density at radius 2 is 1.52 bits per heavy atom. The first-order chi connectivity index (χ1) is 9.83. The van der Waals surface area contributed by atoms with Gasteiger partial charge < -0.3 is 50.3 Å². The lowest BCUT2D eigenvalue weighted by Gasteiger charge is -2.40. The monoisotopic (exact) mass is 314 g/mol. The van der Waals surface area contributed by atoms with E-state index in [1.807, 2.05) is 0 Å². The third-order valence-electron chi connectivity index (χ3n) is 3.26. The van der Waals surface area contributed by atoms with Crippen LogP contribution in [0.15, 0.2) is 0 Å². The highest BCUT2D eigenvalue weighted by Gasteiger charge is 2.44. The minimum absolute atomic E-state index is 0.582. The fourth-order valence-corrected chi connectivity index (χ4v) is 1.86. The topological polar surface area (TPSA) is 180 Å². The molecule has 0 bridgehead atoms. The highest BCUT2D eigenvalue weighted by atomic mass is 16.7. The van der Waals surface area contributed by atoms with E-state index in [4.69, 9.17) is 24.8 Å². The van der Waals surface area contributed by atoms with Crippen LogP contribution in [0.3, 0.4) is 0 Å². The van der Waals surface area contributed by atoms with Crippen LogP contribution in [0.5, 0.6) is 0 Å². The molecule has 0 radical (unpaired) electrons. The summed E-state index contributed by atoms with van der Waals surface area (Å²) in [6.45, 7) is -1.97. The van der Waals surface area contributed by atoms with Gasteiger partial charge in [-0.1, -0.05) is 0 Å². The predicted octanol–water partition coefficient (Wildman–Crippen LogP) is -5.12. The zero-order valence-electron chi connectivity index (χ0n) is 11.1. The molecule has 1 aliphatic rings. The highest BCUT2D eigenvalue weighted by Crippen LogP contribution is 2.22. The van der Waals surface area contributed by atoms with Crippen LogP contribution >= 0.6 is 0 Å². The Labute approximate surface area is 120 Å². The molecule has 1 heterocycles. The smallest absolute Gasteiger partial charge is 0.186 e. The Balaban J connectivity index is 2.53. The SMILES string of the molecule is OC[C@H](O)[C@H](O)[C@@H](O)CO[C@H]1O[C@H](CO)[C@@H](O)[C@H](O)[C@H]1O. The average Bonchev–Trinajstić information content (AvgIpc) is 2.50. The van der Waals surface area contributed by atoms with Gasteiger partial charge in [0.25, 0.3) is 0 Å². The van der Waals surface area contributed by atoms with Gasteiger partial charge in [0, 0.05) is 0 Å². The standard InChI is InChI=1S/C11H22O10/c12-1-4(14)7(16)5(15)3-20-11-10(19)9(18)8(17)6(2-13)21-11/h4-19H,1-3H2/t4-,5-,6+,7-,8+,9-,10+,11-/m0/s1. The quantitative estimate of drug-likeness (QED) is 0.226. The Bertz CT molecular complexity index is 301. The van der Waals surface area contributed by atoms with Crippen LogP contribution in [-0.2, 0) is 9.47 Å². The van der Waals surface area contributed by atoms with Crippen molar-refractivity contribution in [3.8, 4) is 0 Å². The number of rotatable bonds is 7. The lowest BCUT2D eigenvalue weighted by atomic mass is 9.99. The van der Waals surface area contributed by atoms with Crippen LogP contribution in [0.2, 0.25) is 0 Å². The molecular formula is C11H22O10. The molecule has 10 nitrogen and oxygen atoms in total. The molecule has 8 atom stereocenters. The summed E-state index contributed by atoms with van der Waals surface area (Å²) in [5.41, 5.74) is 0. The van der Waals surface area contributed by atoms with Crippen LogP contribution in [0.25, 0.3) is 0 Å². The van der Waals surface area contributed by atoms with Gasteiger partial charge in [-0.15, -0.1) is 0 Å². The van der Waals surface area contributed by atoms with Gasteiger partial charge in [-0.3, -0.25) is 0 Å². The second-order valence-electron chi connectivity index (χ2n) is 4.84. The lowest BCUT2D eigenvalue weighted by molar-refractivity contribution is -0.306. The van der Waals surface area contributed by atoms with Crippen molar-refractivity contribution < 1.29 is 50.3 Å². The van der Waals surface area contributed by atoms with Crippen LogP contribution in [0.1, 0.15) is 0 Å². The molecule has 0 aromatic heterocycles. The summed E-state index contributed by atoms with van der Waals surface area (Å²) in [6.07, 6.45) is -12.2. The molecule has 10 heteroatoms. The second kappa shape index (κ2) is 8.29. The van der Waals surface area contributed by atoms with E-state index in [1.165, 1.54) is 0 Å². The van der Waals surface area contributed by atoms with Crippen molar-refractivity contribution in [2.24, 2.45) is 0 Å². The molecule has 0 aliphatic carbocycles. The zero-order valence-corrected chi connectivity index (χ0v) is 11.1. The van der Waals surface area contributed by atoms with E-state index in [1.54, 1.807) is 0 Å². The number of hydrogen-bond acceptors (Lipinski definition) is 10. The van der Waals surface area contributed by atoms with Gasteiger partial charge in [0.1, 0.15) is 42.7 Å². The maximum Gasteiger partial charge on any atom is 0.186 e. The molecule has 126 valence electrons. The van der Waals surface area contributed by atoms with E-state index in [0.29, 0.717) is 0 Å². The van der Waals surface area contributed by atoms with E-state index in [-0.39, 0.29) is 0 Å². The maximum atomic E-state index is 9.65. The molecule has 1 fully saturated rings. The summed E-state index contributed by atoms with van der Waals surface area (Å²) in [5, 5.41) is 74.4. The van der Waals surface area contributed by atoms with E-state index < -0.39 is 68.8 Å². The first-order valence-electron chi connectivity index (χ1n) is 6.40. The summed E-state index contributed by atoms with van der Waals surface area (Å²) in [6, 6.07) is 0. The van der Waals surface area contributed by atoms with Gasteiger partial charge in [0.05, 0.1) is 19.8 Å². The van der Waals surface area contributed by atoms with Crippen molar-refractivity contribution in [2.75, 3.05) is 19.8 Å². The van der Waals surface area contributed by atoms with Gasteiger partial charge >= 0.3 is 0 Å². The van der Waals surface area contributed by atoms with Crippen molar-refractivity contribution in [1.82, 2.24) is 0 Å². The van der Waals surface area contributed by atoms with Crippen molar-refractivity contribution in [3.05, 3.63) is 0 Å². The summed E-state index contributed by atoms with van der Waals surface area (Å²) in [7, 11) is 0. The van der Waals surface area contributed by atoms with Crippen molar-refractivity contribution in [2.45, 2.75) is 49.0 Å². The summed E-state index contributed by atoms with van der Waals surface area (Å²) < 4.78 is 9.98. The minimum Gasteiger partial charge on any atom is -0.394 e. The van der Waals surface area contributed by atoms with Crippen LogP contribution < -0.4 is 0 Å². The van der Waals surface area contributed by atoms with Crippen molar-refractivity contribution >= 4 is 0 Å². The molecule has 1 saturated heterocycles. The number of ether oxygens (including phenoxy) is 2. The second-order valence-corrected chi connectivity index (χ2v) is 4.84. The summed E-state index contributed by atoms with van der Waals surface area (Å²) >= 11 is 0. The van der Waals surface area contributed by atoms with Crippen molar-refractivity contribution in [1.29, 1.82) is 0 Å². The molecule has 8 N–H and O–H groups in total. The fourth-order valence-electron chi connectivity index (χ4n) is 1.86. The third-order valence-corrected chi connectivity index (χ3v) is 3.26. The fraction of sp³-hybridized carbons (Fsp3) is 1.00. The average molecular weight is 314 g/mol. The molecule has 0 aromatic carbocycles. The summed E-state index contributed by atoms with van der Waals surface area (Å²) in [5.74, 6) is 0. The molecule has 1 aliphatic heterocycles. The normalized spacial score (nSPS) is 38.0. The van der Waals surface area contributed by atoms with Gasteiger partial charge in [-0.2, -0.15) is 0 Å². The Kier molecular flexibility index (Phi) is 7.36. The van der Waals surface area contributed by atoms with E-state index >= 15 is 0 Å².